The molecule has 0 saturated carbocycles. The molecule has 0 bridgehead atoms. The molecular formula is C22H25ClN2O4S2. The van der Waals surface area contributed by atoms with Crippen LogP contribution in [0.1, 0.15) is 26.9 Å². The lowest BCUT2D eigenvalue weighted by molar-refractivity contribution is -0.118. The molecule has 0 aromatic heterocycles. The molecular weight excluding hydrogens is 456 g/mol. The molecule has 2 aromatic carbocycles. The molecule has 1 saturated heterocycles. The Bertz CT molecular complexity index is 890. The Kier molecular flexibility index (Phi) is 9.39. The largest absolute Gasteiger partial charge is 0.484 e. The fraction of sp³-hybridized carbons (Fsp3) is 0.364. The van der Waals surface area contributed by atoms with E-state index in [1.165, 1.54) is 23.5 Å². The number of carbonyl (C=O) groups excluding carboxylic acids is 2. The average molecular weight is 481 g/mol. The molecule has 3 rings (SSSR count). The maximum absolute atomic E-state index is 12.2. The standard InChI is InChI=1S/C22H25ClN2O4S2/c1-28-10-9-24-21(27)18-8-5-16(13-19(18)23)25-20(26)14-29-17-6-3-15(4-7-17)22-30-11-2-12-31-22/h3-8,13,22H,2,9-12,14H2,1H3,(H,24,27)(H,25,26). The lowest BCUT2D eigenvalue weighted by Crippen LogP contribution is -2.27. The molecule has 2 amide bonds. The quantitative estimate of drug-likeness (QED) is 0.511. The molecule has 31 heavy (non-hydrogen) atoms. The highest BCUT2D eigenvalue weighted by Gasteiger charge is 2.16. The molecule has 1 aliphatic rings. The van der Waals surface area contributed by atoms with Gasteiger partial charge in [0.05, 0.1) is 21.8 Å². The number of hydrogen-bond donors (Lipinski definition) is 2. The van der Waals surface area contributed by atoms with Crippen molar-refractivity contribution in [2.24, 2.45) is 0 Å². The van der Waals surface area contributed by atoms with E-state index in [2.05, 4.69) is 22.8 Å². The second-order valence-corrected chi connectivity index (χ2v) is 9.91. The van der Waals surface area contributed by atoms with E-state index in [9.17, 15) is 9.59 Å². The first-order valence-corrected chi connectivity index (χ1v) is 12.4. The van der Waals surface area contributed by atoms with Crippen molar-refractivity contribution in [1.29, 1.82) is 0 Å². The van der Waals surface area contributed by atoms with Gasteiger partial charge in [0.15, 0.2) is 6.61 Å². The van der Waals surface area contributed by atoms with E-state index in [-0.39, 0.29) is 23.4 Å². The van der Waals surface area contributed by atoms with Gasteiger partial charge in [0.25, 0.3) is 11.8 Å². The summed E-state index contributed by atoms with van der Waals surface area (Å²) in [6.07, 6.45) is 1.26. The minimum Gasteiger partial charge on any atom is -0.484 e. The van der Waals surface area contributed by atoms with Crippen molar-refractivity contribution in [2.45, 2.75) is 11.0 Å². The zero-order chi connectivity index (χ0) is 22.1. The van der Waals surface area contributed by atoms with Crippen LogP contribution in [-0.4, -0.2) is 50.2 Å². The van der Waals surface area contributed by atoms with Crippen molar-refractivity contribution in [2.75, 3.05) is 43.7 Å². The van der Waals surface area contributed by atoms with Crippen LogP contribution in [0.5, 0.6) is 5.75 Å². The van der Waals surface area contributed by atoms with Gasteiger partial charge in [-0.1, -0.05) is 23.7 Å². The number of thioether (sulfide) groups is 2. The van der Waals surface area contributed by atoms with E-state index in [0.29, 0.717) is 34.7 Å². The number of nitrogens with one attached hydrogen (secondary N) is 2. The number of rotatable bonds is 9. The first-order valence-electron chi connectivity index (χ1n) is 9.89. The van der Waals surface area contributed by atoms with Crippen LogP contribution in [0, 0.1) is 0 Å². The molecule has 1 fully saturated rings. The van der Waals surface area contributed by atoms with Gasteiger partial charge in [-0.25, -0.2) is 0 Å². The van der Waals surface area contributed by atoms with Crippen LogP contribution < -0.4 is 15.4 Å². The van der Waals surface area contributed by atoms with Gasteiger partial charge in [-0.05, 0) is 53.8 Å². The summed E-state index contributed by atoms with van der Waals surface area (Å²) in [5.41, 5.74) is 2.10. The summed E-state index contributed by atoms with van der Waals surface area (Å²) < 4.78 is 11.0. The van der Waals surface area contributed by atoms with E-state index in [0.717, 1.165) is 0 Å². The van der Waals surface area contributed by atoms with Crippen LogP contribution in [0.3, 0.4) is 0 Å². The Morgan fingerprint density at radius 3 is 2.55 bits per heavy atom. The Labute approximate surface area is 195 Å². The Morgan fingerprint density at radius 1 is 1.13 bits per heavy atom. The molecule has 1 heterocycles. The first kappa shape index (κ1) is 23.8. The molecule has 6 nitrogen and oxygen atoms in total. The molecule has 0 spiro atoms. The summed E-state index contributed by atoms with van der Waals surface area (Å²) >= 11 is 10.1. The van der Waals surface area contributed by atoms with Crippen molar-refractivity contribution in [3.63, 3.8) is 0 Å². The van der Waals surface area contributed by atoms with Gasteiger partial charge in [0, 0.05) is 19.3 Å². The van der Waals surface area contributed by atoms with Gasteiger partial charge in [-0.15, -0.1) is 23.5 Å². The highest BCUT2D eigenvalue weighted by atomic mass is 35.5. The molecule has 0 unspecified atom stereocenters. The number of carbonyl (C=O) groups is 2. The summed E-state index contributed by atoms with van der Waals surface area (Å²) in [4.78, 5) is 24.3. The number of halogens is 1. The van der Waals surface area contributed by atoms with Crippen LogP contribution in [0.2, 0.25) is 5.02 Å². The summed E-state index contributed by atoms with van der Waals surface area (Å²) in [6, 6.07) is 12.6. The van der Waals surface area contributed by atoms with Crippen LogP contribution in [0.15, 0.2) is 42.5 Å². The molecule has 2 aromatic rings. The third-order valence-corrected chi connectivity index (χ3v) is 7.77. The van der Waals surface area contributed by atoms with Crippen molar-refractivity contribution in [3.8, 4) is 5.75 Å². The summed E-state index contributed by atoms with van der Waals surface area (Å²) in [6.45, 7) is 0.683. The molecule has 166 valence electrons. The minimum absolute atomic E-state index is 0.122. The number of hydrogen-bond acceptors (Lipinski definition) is 6. The van der Waals surface area contributed by atoms with Gasteiger partial charge in [-0.3, -0.25) is 9.59 Å². The fourth-order valence-corrected chi connectivity index (χ4v) is 6.05. The Morgan fingerprint density at radius 2 is 1.87 bits per heavy atom. The molecule has 2 N–H and O–H groups in total. The number of ether oxygens (including phenoxy) is 2. The van der Waals surface area contributed by atoms with Crippen LogP contribution >= 0.6 is 35.1 Å². The van der Waals surface area contributed by atoms with E-state index in [1.807, 2.05) is 35.7 Å². The Hall–Kier alpha value is -1.87. The Balaban J connectivity index is 1.48. The van der Waals surface area contributed by atoms with Gasteiger partial charge in [-0.2, -0.15) is 0 Å². The van der Waals surface area contributed by atoms with Crippen LogP contribution in [0.25, 0.3) is 0 Å². The maximum atomic E-state index is 12.2. The summed E-state index contributed by atoms with van der Waals surface area (Å²) in [7, 11) is 1.56. The second-order valence-electron chi connectivity index (χ2n) is 6.78. The summed E-state index contributed by atoms with van der Waals surface area (Å²) in [5.74, 6) is 2.43. The van der Waals surface area contributed by atoms with E-state index < -0.39 is 0 Å². The lowest BCUT2D eigenvalue weighted by atomic mass is 10.2. The molecule has 1 aliphatic heterocycles. The predicted octanol–water partition coefficient (Wildman–Crippen LogP) is 4.60. The van der Waals surface area contributed by atoms with Crippen molar-refractivity contribution < 1.29 is 19.1 Å². The molecule has 9 heteroatoms. The zero-order valence-electron chi connectivity index (χ0n) is 17.2. The third kappa shape index (κ3) is 7.35. The van der Waals surface area contributed by atoms with Crippen molar-refractivity contribution in [1.82, 2.24) is 5.32 Å². The summed E-state index contributed by atoms with van der Waals surface area (Å²) in [5, 5.41) is 5.69. The van der Waals surface area contributed by atoms with E-state index in [1.54, 1.807) is 25.3 Å². The SMILES string of the molecule is COCCNC(=O)c1ccc(NC(=O)COc2ccc(C3SCCCS3)cc2)cc1Cl. The second kappa shape index (κ2) is 12.2. The smallest absolute Gasteiger partial charge is 0.262 e. The van der Waals surface area contributed by atoms with Gasteiger partial charge in [0.1, 0.15) is 5.75 Å². The monoisotopic (exact) mass is 480 g/mol. The molecule has 0 atom stereocenters. The number of amides is 2. The highest BCUT2D eigenvalue weighted by Crippen LogP contribution is 2.43. The minimum atomic E-state index is -0.309. The number of methoxy groups -OCH3 is 1. The topological polar surface area (TPSA) is 76.7 Å². The van der Waals surface area contributed by atoms with Gasteiger partial charge in [0.2, 0.25) is 0 Å². The molecule has 0 aliphatic carbocycles. The highest BCUT2D eigenvalue weighted by molar-refractivity contribution is 8.16. The maximum Gasteiger partial charge on any atom is 0.262 e. The van der Waals surface area contributed by atoms with Gasteiger partial charge >= 0.3 is 0 Å². The average Bonchev–Trinajstić information content (AvgIpc) is 2.79. The fourth-order valence-electron chi connectivity index (χ4n) is 2.89. The lowest BCUT2D eigenvalue weighted by Gasteiger charge is -2.21. The number of anilines is 1. The van der Waals surface area contributed by atoms with E-state index in [4.69, 9.17) is 21.1 Å². The van der Waals surface area contributed by atoms with Crippen LogP contribution in [-0.2, 0) is 9.53 Å². The zero-order valence-corrected chi connectivity index (χ0v) is 19.6. The molecule has 0 radical (unpaired) electrons. The van der Waals surface area contributed by atoms with Crippen molar-refractivity contribution in [3.05, 3.63) is 58.6 Å². The van der Waals surface area contributed by atoms with E-state index >= 15 is 0 Å². The number of benzene rings is 2. The van der Waals surface area contributed by atoms with Crippen LogP contribution in [0.4, 0.5) is 5.69 Å². The third-order valence-electron chi connectivity index (χ3n) is 4.44. The first-order chi connectivity index (χ1) is 15.1. The van der Waals surface area contributed by atoms with Gasteiger partial charge < -0.3 is 20.1 Å². The predicted molar refractivity (Wildman–Crippen MR) is 129 cm³/mol. The van der Waals surface area contributed by atoms with Crippen molar-refractivity contribution >= 4 is 52.6 Å². The normalized spacial score (nSPS) is 14.1.